The van der Waals surface area contributed by atoms with E-state index >= 15 is 0 Å². The molecule has 2 aliphatic rings. The molecule has 0 aromatic heterocycles. The topological polar surface area (TPSA) is 103 Å². The van der Waals surface area contributed by atoms with Gasteiger partial charge in [-0.2, -0.15) is 5.43 Å². The molecule has 2 aromatic rings. The zero-order valence-electron chi connectivity index (χ0n) is 17.2. The lowest BCUT2D eigenvalue weighted by Gasteiger charge is -2.40. The van der Waals surface area contributed by atoms with E-state index in [-0.39, 0.29) is 6.54 Å². The first-order valence-corrected chi connectivity index (χ1v) is 9.74. The van der Waals surface area contributed by atoms with Crippen molar-refractivity contribution in [3.8, 4) is 11.5 Å². The van der Waals surface area contributed by atoms with Crippen LogP contribution in [0.4, 0.5) is 11.4 Å². The first-order chi connectivity index (χ1) is 15.0. The van der Waals surface area contributed by atoms with Crippen LogP contribution in [-0.4, -0.2) is 67.8 Å². The minimum atomic E-state index is -0.770. The molecule has 2 fully saturated rings. The summed E-state index contributed by atoms with van der Waals surface area (Å²) in [4.78, 5) is 41.1. The lowest BCUT2D eigenvalue weighted by molar-refractivity contribution is -0.163. The number of benzene rings is 2. The summed E-state index contributed by atoms with van der Waals surface area (Å²) < 4.78 is 10.4. The van der Waals surface area contributed by atoms with Crippen molar-refractivity contribution in [2.75, 3.05) is 44.1 Å². The molecule has 2 N–H and O–H groups in total. The number of fused-ring (bicyclic) bond motifs is 1. The van der Waals surface area contributed by atoms with Crippen molar-refractivity contribution in [3.05, 3.63) is 48.5 Å². The summed E-state index contributed by atoms with van der Waals surface area (Å²) in [6.45, 7) is 0.668. The van der Waals surface area contributed by atoms with Gasteiger partial charge in [0.1, 0.15) is 6.54 Å². The van der Waals surface area contributed by atoms with Crippen LogP contribution in [0.15, 0.2) is 48.5 Å². The average molecular weight is 425 g/mol. The number of amides is 3. The summed E-state index contributed by atoms with van der Waals surface area (Å²) in [5, 5.41) is 3.76. The van der Waals surface area contributed by atoms with Crippen LogP contribution in [0.3, 0.4) is 0 Å². The fraction of sp³-hybridized carbons (Fsp3) is 0.286. The smallest absolute Gasteiger partial charge is 0.326 e. The third kappa shape index (κ3) is 3.97. The first kappa shape index (κ1) is 20.5. The summed E-state index contributed by atoms with van der Waals surface area (Å²) in [6, 6.07) is 14.5. The Morgan fingerprint density at radius 3 is 2.42 bits per heavy atom. The van der Waals surface area contributed by atoms with Gasteiger partial charge in [-0.05, 0) is 24.3 Å². The molecule has 31 heavy (non-hydrogen) atoms. The van der Waals surface area contributed by atoms with Crippen LogP contribution in [0.1, 0.15) is 0 Å². The van der Waals surface area contributed by atoms with Gasteiger partial charge in [0, 0.05) is 30.5 Å². The van der Waals surface area contributed by atoms with E-state index in [4.69, 9.17) is 9.47 Å². The van der Waals surface area contributed by atoms with Gasteiger partial charge in [0.15, 0.2) is 17.8 Å². The first-order valence-electron chi connectivity index (χ1n) is 9.74. The number of hydrogen-bond acceptors (Lipinski definition) is 7. The third-order valence-electron chi connectivity index (χ3n) is 5.19. The molecular weight excluding hydrogens is 402 g/mol. The Morgan fingerprint density at radius 2 is 1.71 bits per heavy atom. The largest absolute Gasteiger partial charge is 0.493 e. The molecule has 10 nitrogen and oxygen atoms in total. The molecule has 3 amide bonds. The Labute approximate surface area is 179 Å². The number of nitrogens with one attached hydrogen (secondary N) is 2. The van der Waals surface area contributed by atoms with E-state index in [2.05, 4.69) is 10.7 Å². The van der Waals surface area contributed by atoms with E-state index in [1.54, 1.807) is 18.2 Å². The number of anilines is 2. The maximum Gasteiger partial charge on any atom is 0.326 e. The molecule has 10 heteroatoms. The van der Waals surface area contributed by atoms with Crippen molar-refractivity contribution in [1.82, 2.24) is 15.3 Å². The van der Waals surface area contributed by atoms with Crippen LogP contribution in [0.2, 0.25) is 0 Å². The van der Waals surface area contributed by atoms with Crippen molar-refractivity contribution < 1.29 is 23.9 Å². The number of hydrogen-bond donors (Lipinski definition) is 2. The second-order valence-corrected chi connectivity index (χ2v) is 7.04. The fourth-order valence-corrected chi connectivity index (χ4v) is 3.68. The zero-order valence-corrected chi connectivity index (χ0v) is 17.2. The minimum absolute atomic E-state index is 0.327. The SMILES string of the molecule is COc1ccc(NC(=O)CN2NC3N(CCN3c3ccccc3)C(=O)C2=O)cc1OC. The number of nitrogens with zero attached hydrogens (tertiary/aromatic N) is 3. The number of methoxy groups -OCH3 is 2. The van der Waals surface area contributed by atoms with E-state index in [0.717, 1.165) is 10.7 Å². The van der Waals surface area contributed by atoms with Gasteiger partial charge in [-0.1, -0.05) is 18.2 Å². The predicted molar refractivity (Wildman–Crippen MR) is 112 cm³/mol. The third-order valence-corrected chi connectivity index (χ3v) is 5.19. The molecule has 0 bridgehead atoms. The molecule has 2 saturated heterocycles. The number of carbonyl (C=O) groups excluding carboxylic acids is 3. The number of para-hydroxylation sites is 1. The van der Waals surface area contributed by atoms with E-state index in [9.17, 15) is 14.4 Å². The van der Waals surface area contributed by atoms with Crippen LogP contribution < -0.4 is 25.1 Å². The molecular formula is C21H23N5O5. The van der Waals surface area contributed by atoms with Gasteiger partial charge in [0.2, 0.25) is 5.91 Å². The minimum Gasteiger partial charge on any atom is -0.493 e. The van der Waals surface area contributed by atoms with Crippen molar-refractivity contribution in [1.29, 1.82) is 0 Å². The van der Waals surface area contributed by atoms with E-state index in [0.29, 0.717) is 30.3 Å². The van der Waals surface area contributed by atoms with Crippen LogP contribution in [0.5, 0.6) is 11.5 Å². The van der Waals surface area contributed by atoms with Gasteiger partial charge in [0.25, 0.3) is 0 Å². The lowest BCUT2D eigenvalue weighted by Crippen LogP contribution is -2.68. The van der Waals surface area contributed by atoms with E-state index in [1.807, 2.05) is 35.2 Å². The van der Waals surface area contributed by atoms with Gasteiger partial charge in [-0.15, -0.1) is 0 Å². The van der Waals surface area contributed by atoms with Gasteiger partial charge < -0.3 is 19.7 Å². The Balaban J connectivity index is 1.46. The monoisotopic (exact) mass is 425 g/mol. The predicted octanol–water partition coefficient (Wildman–Crippen LogP) is 0.621. The molecule has 2 aromatic carbocycles. The standard InChI is InChI=1S/C21H23N5O5/c1-30-16-9-8-14(12-17(16)31-2)22-18(27)13-26-20(29)19(28)25-11-10-24(21(25)23-26)15-6-4-3-5-7-15/h3-9,12,21,23H,10-11,13H2,1-2H3,(H,22,27). The van der Waals surface area contributed by atoms with Crippen molar-refractivity contribution in [3.63, 3.8) is 0 Å². The summed E-state index contributed by atoms with van der Waals surface area (Å²) >= 11 is 0. The van der Waals surface area contributed by atoms with Crippen LogP contribution >= 0.6 is 0 Å². The second kappa shape index (κ2) is 8.52. The normalized spacial score (nSPS) is 18.1. The summed E-state index contributed by atoms with van der Waals surface area (Å²) in [6.07, 6.45) is -0.540. The van der Waals surface area contributed by atoms with Crippen molar-refractivity contribution in [2.24, 2.45) is 0 Å². The van der Waals surface area contributed by atoms with Gasteiger partial charge in [-0.25, -0.2) is 0 Å². The Morgan fingerprint density at radius 1 is 1.00 bits per heavy atom. The van der Waals surface area contributed by atoms with Crippen molar-refractivity contribution >= 4 is 29.1 Å². The average Bonchev–Trinajstić information content (AvgIpc) is 3.21. The van der Waals surface area contributed by atoms with Crippen molar-refractivity contribution in [2.45, 2.75) is 6.29 Å². The molecule has 1 atom stereocenters. The van der Waals surface area contributed by atoms with Crippen LogP contribution in [0.25, 0.3) is 0 Å². The Hall–Kier alpha value is -3.79. The van der Waals surface area contributed by atoms with Crippen LogP contribution in [-0.2, 0) is 14.4 Å². The second-order valence-electron chi connectivity index (χ2n) is 7.04. The van der Waals surface area contributed by atoms with Gasteiger partial charge in [0.05, 0.1) is 14.2 Å². The highest BCUT2D eigenvalue weighted by molar-refractivity contribution is 6.35. The van der Waals surface area contributed by atoms with E-state index in [1.165, 1.54) is 19.1 Å². The highest BCUT2D eigenvalue weighted by Gasteiger charge is 2.45. The molecule has 0 saturated carbocycles. The Bertz CT molecular complexity index is 999. The van der Waals surface area contributed by atoms with Crippen LogP contribution in [0, 0.1) is 0 Å². The van der Waals surface area contributed by atoms with Gasteiger partial charge in [-0.3, -0.25) is 24.3 Å². The van der Waals surface area contributed by atoms with E-state index < -0.39 is 24.0 Å². The molecule has 162 valence electrons. The highest BCUT2D eigenvalue weighted by atomic mass is 16.5. The highest BCUT2D eigenvalue weighted by Crippen LogP contribution is 2.30. The molecule has 4 rings (SSSR count). The Kier molecular flexibility index (Phi) is 5.63. The quantitative estimate of drug-likeness (QED) is 0.654. The number of ether oxygens (including phenoxy) is 2. The summed E-state index contributed by atoms with van der Waals surface area (Å²) in [5.74, 6) is -0.877. The molecule has 0 aliphatic carbocycles. The number of rotatable bonds is 6. The molecule has 1 unspecified atom stereocenters. The fourth-order valence-electron chi connectivity index (χ4n) is 3.68. The summed E-state index contributed by atoms with van der Waals surface area (Å²) in [5.41, 5.74) is 4.41. The lowest BCUT2D eigenvalue weighted by atomic mass is 10.2. The number of hydrazine groups is 1. The molecule has 2 heterocycles. The van der Waals surface area contributed by atoms with Gasteiger partial charge >= 0.3 is 11.8 Å². The molecule has 0 radical (unpaired) electrons. The maximum atomic E-state index is 12.6. The maximum absolute atomic E-state index is 12.6. The summed E-state index contributed by atoms with van der Waals surface area (Å²) in [7, 11) is 3.02. The molecule has 2 aliphatic heterocycles. The molecule has 0 spiro atoms. The zero-order chi connectivity index (χ0) is 22.0. The number of carbonyl (C=O) groups is 3.